The number of rotatable bonds is 2. The predicted octanol–water partition coefficient (Wildman–Crippen LogP) is 4.70. The van der Waals surface area contributed by atoms with Crippen molar-refractivity contribution in [3.63, 3.8) is 0 Å². The molecule has 0 saturated heterocycles. The highest BCUT2D eigenvalue weighted by atomic mass is 32.1. The van der Waals surface area contributed by atoms with Crippen molar-refractivity contribution in [3.8, 4) is 11.3 Å². The lowest BCUT2D eigenvalue weighted by Gasteiger charge is -2.18. The Morgan fingerprint density at radius 2 is 1.92 bits per heavy atom. The van der Waals surface area contributed by atoms with Gasteiger partial charge in [-0.1, -0.05) is 32.9 Å². The molecule has 0 bridgehead atoms. The molecule has 2 aromatic heterocycles. The van der Waals surface area contributed by atoms with Crippen LogP contribution in [0.5, 0.6) is 0 Å². The molecule has 2 N–H and O–H groups in total. The van der Waals surface area contributed by atoms with Crippen molar-refractivity contribution in [2.45, 2.75) is 58.4 Å². The van der Waals surface area contributed by atoms with E-state index in [9.17, 15) is 0 Å². The van der Waals surface area contributed by atoms with E-state index < -0.39 is 0 Å². The number of thiazole rings is 1. The second-order valence-corrected chi connectivity index (χ2v) is 8.63. The molecule has 0 unspecified atom stereocenters. The van der Waals surface area contributed by atoms with Crippen LogP contribution < -0.4 is 5.73 Å². The number of hydrogen-bond donors (Lipinski definition) is 1. The van der Waals surface area contributed by atoms with Gasteiger partial charge in [0, 0.05) is 17.3 Å². The van der Waals surface area contributed by atoms with E-state index in [2.05, 4.69) is 48.8 Å². The molecule has 1 aliphatic carbocycles. The molecule has 2 heterocycles. The third-order valence-corrected chi connectivity index (χ3v) is 5.83. The normalized spacial score (nSPS) is 15.0. The Morgan fingerprint density at radius 1 is 1.17 bits per heavy atom. The average molecular weight is 340 g/mol. The molecule has 126 valence electrons. The lowest BCUT2D eigenvalue weighted by atomic mass is 9.90. The lowest BCUT2D eigenvalue weighted by molar-refractivity contribution is 0.564. The van der Waals surface area contributed by atoms with Crippen LogP contribution in [0.4, 0.5) is 0 Å². The number of benzene rings is 1. The van der Waals surface area contributed by atoms with E-state index >= 15 is 0 Å². The predicted molar refractivity (Wildman–Crippen MR) is 102 cm³/mol. The maximum atomic E-state index is 6.12. The highest BCUT2D eigenvalue weighted by Crippen LogP contribution is 2.34. The average Bonchev–Trinajstić information content (AvgIpc) is 3.12. The van der Waals surface area contributed by atoms with Gasteiger partial charge in [0.1, 0.15) is 0 Å². The van der Waals surface area contributed by atoms with E-state index in [1.54, 1.807) is 11.3 Å². The molecule has 1 aliphatic rings. The van der Waals surface area contributed by atoms with Crippen molar-refractivity contribution in [3.05, 3.63) is 46.1 Å². The Hall–Kier alpha value is -1.65. The molecule has 0 aliphatic heterocycles. The summed E-state index contributed by atoms with van der Waals surface area (Å²) in [6.45, 7) is 7.13. The second kappa shape index (κ2) is 5.71. The Bertz CT molecular complexity index is 896. The van der Waals surface area contributed by atoms with Crippen molar-refractivity contribution in [2.24, 2.45) is 5.73 Å². The second-order valence-electron chi connectivity index (χ2n) is 7.79. The van der Waals surface area contributed by atoms with Crippen LogP contribution in [0.15, 0.2) is 23.6 Å². The van der Waals surface area contributed by atoms with Crippen LogP contribution in [0, 0.1) is 0 Å². The highest BCUT2D eigenvalue weighted by Gasteiger charge is 2.25. The Morgan fingerprint density at radius 3 is 2.62 bits per heavy atom. The van der Waals surface area contributed by atoms with Crippen LogP contribution >= 0.6 is 11.3 Å². The van der Waals surface area contributed by atoms with Gasteiger partial charge < -0.3 is 5.73 Å². The smallest absolute Gasteiger partial charge is 0.194 e. The maximum Gasteiger partial charge on any atom is 0.194 e. The zero-order valence-corrected chi connectivity index (χ0v) is 15.5. The van der Waals surface area contributed by atoms with Crippen LogP contribution in [0.2, 0.25) is 0 Å². The first-order valence-electron chi connectivity index (χ1n) is 8.80. The van der Waals surface area contributed by atoms with Gasteiger partial charge in [0.15, 0.2) is 4.96 Å². The van der Waals surface area contributed by atoms with Crippen LogP contribution in [0.25, 0.3) is 16.2 Å². The highest BCUT2D eigenvalue weighted by molar-refractivity contribution is 7.15. The first-order chi connectivity index (χ1) is 11.5. The Kier molecular flexibility index (Phi) is 3.77. The van der Waals surface area contributed by atoms with Crippen molar-refractivity contribution >= 4 is 16.3 Å². The Labute approximate surface area is 147 Å². The molecule has 0 fully saturated rings. The topological polar surface area (TPSA) is 43.3 Å². The van der Waals surface area contributed by atoms with Crippen molar-refractivity contribution < 1.29 is 0 Å². The largest absolute Gasteiger partial charge is 0.325 e. The molecule has 3 nitrogen and oxygen atoms in total. The molecule has 0 spiro atoms. The fourth-order valence-electron chi connectivity index (χ4n) is 3.80. The number of aromatic nitrogens is 2. The summed E-state index contributed by atoms with van der Waals surface area (Å²) >= 11 is 1.71. The summed E-state index contributed by atoms with van der Waals surface area (Å²) in [6, 6.07) is 6.97. The van der Waals surface area contributed by atoms with Gasteiger partial charge in [-0.25, -0.2) is 4.98 Å². The number of hydrogen-bond acceptors (Lipinski definition) is 3. The van der Waals surface area contributed by atoms with Gasteiger partial charge in [0.05, 0.1) is 17.1 Å². The van der Waals surface area contributed by atoms with E-state index in [-0.39, 0.29) is 5.41 Å². The number of fused-ring (bicyclic) bond motifs is 2. The fraction of sp³-hybridized carbons (Fsp3) is 0.450. The minimum Gasteiger partial charge on any atom is -0.325 e. The van der Waals surface area contributed by atoms with Crippen molar-refractivity contribution in [2.75, 3.05) is 0 Å². The third kappa shape index (κ3) is 2.49. The third-order valence-electron chi connectivity index (χ3n) is 5.01. The van der Waals surface area contributed by atoms with Gasteiger partial charge >= 0.3 is 0 Å². The molecule has 0 saturated carbocycles. The first-order valence-corrected chi connectivity index (χ1v) is 9.68. The minimum atomic E-state index is 0.00751. The van der Waals surface area contributed by atoms with Crippen LogP contribution in [-0.4, -0.2) is 9.38 Å². The van der Waals surface area contributed by atoms with Crippen LogP contribution in [-0.2, 0) is 24.8 Å². The number of imidazole rings is 1. The quantitative estimate of drug-likeness (QED) is 0.735. The molecule has 0 atom stereocenters. The summed E-state index contributed by atoms with van der Waals surface area (Å²) in [4.78, 5) is 5.94. The molecule has 0 radical (unpaired) electrons. The molecule has 0 amide bonds. The number of nitrogens with two attached hydrogens (primary N) is 1. The zero-order valence-electron chi connectivity index (χ0n) is 14.7. The van der Waals surface area contributed by atoms with E-state index in [0.717, 1.165) is 16.3 Å². The van der Waals surface area contributed by atoms with E-state index in [1.165, 1.54) is 48.1 Å². The Balaban J connectivity index is 1.90. The zero-order chi connectivity index (χ0) is 16.9. The SMILES string of the molecule is CC(C)(C)c1nc2scc(-c3ccc4c(c3)CCCC4)n2c1CN. The number of nitrogens with zero attached hydrogens (tertiary/aromatic N) is 2. The van der Waals surface area contributed by atoms with Gasteiger partial charge in [0.2, 0.25) is 0 Å². The monoisotopic (exact) mass is 339 g/mol. The summed E-state index contributed by atoms with van der Waals surface area (Å²) in [5, 5.41) is 2.22. The molecule has 1 aromatic carbocycles. The van der Waals surface area contributed by atoms with Gasteiger partial charge in [-0.15, -0.1) is 11.3 Å². The summed E-state index contributed by atoms with van der Waals surface area (Å²) in [6.07, 6.45) is 5.06. The standard InChI is InChI=1S/C20H25N3S/c1-20(2,3)18-16(11-21)23-17(12-24-19(23)22-18)15-9-8-13-6-4-5-7-14(13)10-15/h8-10,12H,4-7,11,21H2,1-3H3. The van der Waals surface area contributed by atoms with E-state index in [4.69, 9.17) is 10.7 Å². The minimum absolute atomic E-state index is 0.00751. The van der Waals surface area contributed by atoms with Crippen molar-refractivity contribution in [1.82, 2.24) is 9.38 Å². The van der Waals surface area contributed by atoms with Gasteiger partial charge in [0.25, 0.3) is 0 Å². The molecule has 3 aromatic rings. The van der Waals surface area contributed by atoms with Crippen LogP contribution in [0.1, 0.15) is 56.1 Å². The summed E-state index contributed by atoms with van der Waals surface area (Å²) in [7, 11) is 0. The first kappa shape index (κ1) is 15.9. The summed E-state index contributed by atoms with van der Waals surface area (Å²) in [5.74, 6) is 0. The molecular formula is C20H25N3S. The molecular weight excluding hydrogens is 314 g/mol. The number of aryl methyl sites for hydroxylation is 2. The van der Waals surface area contributed by atoms with Gasteiger partial charge in [-0.2, -0.15) is 0 Å². The molecule has 4 rings (SSSR count). The summed E-state index contributed by atoms with van der Waals surface area (Å²) < 4.78 is 2.27. The van der Waals surface area contributed by atoms with Gasteiger partial charge in [-0.05, 0) is 48.4 Å². The summed E-state index contributed by atoms with van der Waals surface area (Å²) in [5.41, 5.74) is 13.9. The fourth-order valence-corrected chi connectivity index (χ4v) is 4.72. The van der Waals surface area contributed by atoms with E-state index in [1.807, 2.05) is 0 Å². The lowest BCUT2D eigenvalue weighted by Crippen LogP contribution is -2.17. The van der Waals surface area contributed by atoms with Gasteiger partial charge in [-0.3, -0.25) is 4.40 Å². The van der Waals surface area contributed by atoms with Crippen molar-refractivity contribution in [1.29, 1.82) is 0 Å². The van der Waals surface area contributed by atoms with E-state index in [0.29, 0.717) is 6.54 Å². The maximum absolute atomic E-state index is 6.12. The molecule has 4 heteroatoms. The molecule has 24 heavy (non-hydrogen) atoms. The van der Waals surface area contributed by atoms with Crippen LogP contribution in [0.3, 0.4) is 0 Å².